The summed E-state index contributed by atoms with van der Waals surface area (Å²) in [5.41, 5.74) is 1.17. The molecule has 1 aromatic rings. The summed E-state index contributed by atoms with van der Waals surface area (Å²) >= 11 is 0. The first-order chi connectivity index (χ1) is 13.1. The summed E-state index contributed by atoms with van der Waals surface area (Å²) in [6, 6.07) is 7.98. The highest BCUT2D eigenvalue weighted by molar-refractivity contribution is 5.87. The monoisotopic (exact) mass is 372 g/mol. The van der Waals surface area contributed by atoms with Crippen LogP contribution in [0.2, 0.25) is 0 Å². The van der Waals surface area contributed by atoms with Gasteiger partial charge in [-0.3, -0.25) is 14.5 Å². The van der Waals surface area contributed by atoms with Gasteiger partial charge in [-0.05, 0) is 17.7 Å². The number of methoxy groups -OCH3 is 1. The Kier molecular flexibility index (Phi) is 4.88. The molecule has 3 aliphatic heterocycles. The van der Waals surface area contributed by atoms with E-state index in [1.165, 1.54) is 5.56 Å². The Balaban J connectivity index is 1.35. The van der Waals surface area contributed by atoms with Crippen LogP contribution in [0.1, 0.15) is 5.56 Å². The van der Waals surface area contributed by atoms with Gasteiger partial charge in [-0.2, -0.15) is 0 Å². The van der Waals surface area contributed by atoms with E-state index >= 15 is 0 Å². The first-order valence-corrected chi connectivity index (χ1v) is 9.27. The molecule has 0 aliphatic carbocycles. The second-order valence-electron chi connectivity index (χ2n) is 7.29. The molecule has 4 rings (SSSR count). The fourth-order valence-electron chi connectivity index (χ4n) is 4.26. The SMILES string of the molecule is COc1cccc(CN2CCN(C(=O)[C@@H]3[C@@H](C(=O)O)[C@H]4C=C[C@H]3O4)CC2)c1. The third-order valence-corrected chi connectivity index (χ3v) is 5.69. The third kappa shape index (κ3) is 3.44. The van der Waals surface area contributed by atoms with E-state index in [1.54, 1.807) is 18.1 Å². The summed E-state index contributed by atoms with van der Waals surface area (Å²) < 4.78 is 10.9. The molecule has 2 bridgehead atoms. The number of ether oxygens (including phenoxy) is 2. The molecule has 1 amide bonds. The summed E-state index contributed by atoms with van der Waals surface area (Å²) in [7, 11) is 1.66. The van der Waals surface area contributed by atoms with Gasteiger partial charge in [-0.15, -0.1) is 0 Å². The van der Waals surface area contributed by atoms with Crippen LogP contribution in [0.15, 0.2) is 36.4 Å². The maximum atomic E-state index is 13.0. The fourth-order valence-corrected chi connectivity index (χ4v) is 4.26. The number of fused-ring (bicyclic) bond motifs is 2. The Labute approximate surface area is 158 Å². The van der Waals surface area contributed by atoms with E-state index in [2.05, 4.69) is 11.0 Å². The highest BCUT2D eigenvalue weighted by Crippen LogP contribution is 2.40. The molecular formula is C20H24N2O5. The number of carbonyl (C=O) groups is 2. The van der Waals surface area contributed by atoms with Gasteiger partial charge in [0, 0.05) is 32.7 Å². The predicted molar refractivity (Wildman–Crippen MR) is 97.3 cm³/mol. The number of hydrogen-bond donors (Lipinski definition) is 1. The number of amides is 1. The van der Waals surface area contributed by atoms with Gasteiger partial charge in [0.25, 0.3) is 0 Å². The Morgan fingerprint density at radius 2 is 1.85 bits per heavy atom. The van der Waals surface area contributed by atoms with Crippen molar-refractivity contribution in [3.63, 3.8) is 0 Å². The molecule has 144 valence electrons. The van der Waals surface area contributed by atoms with Crippen LogP contribution in [-0.4, -0.2) is 72.3 Å². The molecule has 3 aliphatic rings. The van der Waals surface area contributed by atoms with Crippen LogP contribution in [0.5, 0.6) is 5.75 Å². The average Bonchev–Trinajstić information content (AvgIpc) is 3.29. The van der Waals surface area contributed by atoms with Crippen molar-refractivity contribution in [1.82, 2.24) is 9.80 Å². The number of carboxylic acid groups (broad SMARTS) is 1. The maximum absolute atomic E-state index is 13.0. The van der Waals surface area contributed by atoms with Crippen molar-refractivity contribution in [2.45, 2.75) is 18.8 Å². The van der Waals surface area contributed by atoms with E-state index in [0.29, 0.717) is 13.1 Å². The predicted octanol–water partition coefficient (Wildman–Crippen LogP) is 0.994. The molecule has 0 spiro atoms. The maximum Gasteiger partial charge on any atom is 0.310 e. The summed E-state index contributed by atoms with van der Waals surface area (Å²) in [5.74, 6) is -1.60. The second-order valence-corrected chi connectivity index (χ2v) is 7.29. The zero-order valence-corrected chi connectivity index (χ0v) is 15.3. The Morgan fingerprint density at radius 1 is 1.15 bits per heavy atom. The van der Waals surface area contributed by atoms with Crippen molar-refractivity contribution in [2.24, 2.45) is 11.8 Å². The third-order valence-electron chi connectivity index (χ3n) is 5.69. The molecule has 1 N–H and O–H groups in total. The van der Waals surface area contributed by atoms with Crippen molar-refractivity contribution in [3.8, 4) is 5.75 Å². The van der Waals surface area contributed by atoms with E-state index in [1.807, 2.05) is 24.3 Å². The lowest BCUT2D eigenvalue weighted by molar-refractivity contribution is -0.150. The number of aliphatic carboxylic acids is 1. The largest absolute Gasteiger partial charge is 0.497 e. The molecule has 2 fully saturated rings. The van der Waals surface area contributed by atoms with Crippen molar-refractivity contribution >= 4 is 11.9 Å². The smallest absolute Gasteiger partial charge is 0.310 e. The van der Waals surface area contributed by atoms with Crippen LogP contribution in [0.25, 0.3) is 0 Å². The van der Waals surface area contributed by atoms with Gasteiger partial charge in [-0.25, -0.2) is 0 Å². The van der Waals surface area contributed by atoms with Gasteiger partial charge in [0.05, 0.1) is 25.2 Å². The summed E-state index contributed by atoms with van der Waals surface area (Å²) in [4.78, 5) is 28.6. The molecule has 0 aromatic heterocycles. The fraction of sp³-hybridized carbons (Fsp3) is 0.500. The van der Waals surface area contributed by atoms with Gasteiger partial charge in [0.15, 0.2) is 0 Å². The van der Waals surface area contributed by atoms with Crippen molar-refractivity contribution < 1.29 is 24.2 Å². The van der Waals surface area contributed by atoms with Crippen molar-refractivity contribution in [3.05, 3.63) is 42.0 Å². The highest BCUT2D eigenvalue weighted by atomic mass is 16.5. The first kappa shape index (κ1) is 18.0. The molecule has 4 atom stereocenters. The number of benzene rings is 1. The van der Waals surface area contributed by atoms with Gasteiger partial charge < -0.3 is 19.5 Å². The molecule has 2 saturated heterocycles. The number of carboxylic acids is 1. The number of hydrogen-bond acceptors (Lipinski definition) is 5. The molecule has 0 radical (unpaired) electrons. The zero-order chi connectivity index (χ0) is 19.0. The minimum atomic E-state index is -0.957. The average molecular weight is 372 g/mol. The Hall–Kier alpha value is -2.38. The molecule has 1 aromatic carbocycles. The minimum absolute atomic E-state index is 0.0970. The van der Waals surface area contributed by atoms with Crippen LogP contribution in [0.4, 0.5) is 0 Å². The van der Waals surface area contributed by atoms with Crippen LogP contribution < -0.4 is 4.74 Å². The molecule has 3 heterocycles. The van der Waals surface area contributed by atoms with E-state index in [4.69, 9.17) is 9.47 Å². The molecular weight excluding hydrogens is 348 g/mol. The van der Waals surface area contributed by atoms with E-state index < -0.39 is 30.0 Å². The van der Waals surface area contributed by atoms with Crippen molar-refractivity contribution in [2.75, 3.05) is 33.3 Å². The molecule has 7 nitrogen and oxygen atoms in total. The van der Waals surface area contributed by atoms with Crippen LogP contribution >= 0.6 is 0 Å². The lowest BCUT2D eigenvalue weighted by atomic mass is 9.82. The van der Waals surface area contributed by atoms with Crippen LogP contribution in [0, 0.1) is 11.8 Å². The molecule has 0 saturated carbocycles. The summed E-state index contributed by atoms with van der Waals surface area (Å²) in [5, 5.41) is 9.50. The van der Waals surface area contributed by atoms with E-state index in [0.717, 1.165) is 25.4 Å². The Morgan fingerprint density at radius 3 is 2.52 bits per heavy atom. The minimum Gasteiger partial charge on any atom is -0.497 e. The number of rotatable bonds is 5. The van der Waals surface area contributed by atoms with Gasteiger partial charge in [-0.1, -0.05) is 24.3 Å². The normalized spacial score (nSPS) is 29.9. The van der Waals surface area contributed by atoms with Gasteiger partial charge in [0.1, 0.15) is 11.7 Å². The standard InChI is InChI=1S/C20H24N2O5/c1-26-14-4-2-3-13(11-14)12-21-7-9-22(10-8-21)19(23)17-15-5-6-16(27-15)18(17)20(24)25/h2-6,11,15-18H,7-10,12H2,1H3,(H,24,25)/t15-,16-,17+,18+/m1/s1. The number of piperazine rings is 1. The summed E-state index contributed by atoms with van der Waals surface area (Å²) in [6.45, 7) is 3.53. The van der Waals surface area contributed by atoms with E-state index in [-0.39, 0.29) is 5.91 Å². The molecule has 7 heteroatoms. The van der Waals surface area contributed by atoms with Gasteiger partial charge >= 0.3 is 5.97 Å². The summed E-state index contributed by atoms with van der Waals surface area (Å²) in [6.07, 6.45) is 2.71. The lowest BCUT2D eigenvalue weighted by Gasteiger charge is -2.37. The zero-order valence-electron chi connectivity index (χ0n) is 15.3. The highest BCUT2D eigenvalue weighted by Gasteiger charge is 2.54. The van der Waals surface area contributed by atoms with Gasteiger partial charge in [0.2, 0.25) is 5.91 Å². The lowest BCUT2D eigenvalue weighted by Crippen LogP contribution is -2.52. The van der Waals surface area contributed by atoms with Crippen molar-refractivity contribution in [1.29, 1.82) is 0 Å². The molecule has 27 heavy (non-hydrogen) atoms. The van der Waals surface area contributed by atoms with Crippen LogP contribution in [-0.2, 0) is 20.9 Å². The second kappa shape index (κ2) is 7.32. The molecule has 0 unspecified atom stereocenters. The topological polar surface area (TPSA) is 79.3 Å². The van der Waals surface area contributed by atoms with Crippen LogP contribution in [0.3, 0.4) is 0 Å². The quantitative estimate of drug-likeness (QED) is 0.777. The first-order valence-electron chi connectivity index (χ1n) is 9.27. The Bertz CT molecular complexity index is 756. The van der Waals surface area contributed by atoms with E-state index in [9.17, 15) is 14.7 Å². The number of nitrogens with zero attached hydrogens (tertiary/aromatic N) is 2. The number of carbonyl (C=O) groups excluding carboxylic acids is 1.